The van der Waals surface area contributed by atoms with Gasteiger partial charge in [-0.1, -0.05) is 0 Å². The van der Waals surface area contributed by atoms with Crippen molar-refractivity contribution in [2.45, 2.75) is 12.5 Å². The Labute approximate surface area is 122 Å². The molecular formula is C14H19NO6. The Morgan fingerprint density at radius 3 is 2.48 bits per heavy atom. The molecule has 21 heavy (non-hydrogen) atoms. The second-order valence-electron chi connectivity index (χ2n) is 4.23. The Morgan fingerprint density at radius 1 is 1.24 bits per heavy atom. The molecular weight excluding hydrogens is 278 g/mol. The summed E-state index contributed by atoms with van der Waals surface area (Å²) in [5.41, 5.74) is 0.307. The van der Waals surface area contributed by atoms with Crippen LogP contribution in [0.3, 0.4) is 0 Å². The maximum absolute atomic E-state index is 12.1. The van der Waals surface area contributed by atoms with Crippen LogP contribution in [0.25, 0.3) is 0 Å². The minimum atomic E-state index is -0.991. The Bertz CT molecular complexity index is 502. The van der Waals surface area contributed by atoms with Gasteiger partial charge < -0.3 is 24.6 Å². The lowest BCUT2D eigenvalue weighted by molar-refractivity contribution is -0.139. The topological polar surface area (TPSA) is 94.1 Å². The first-order valence-corrected chi connectivity index (χ1v) is 6.26. The van der Waals surface area contributed by atoms with Crippen LogP contribution >= 0.6 is 0 Å². The summed E-state index contributed by atoms with van der Waals surface area (Å²) in [5, 5.41) is 11.3. The fourth-order valence-corrected chi connectivity index (χ4v) is 1.73. The Kier molecular flexibility index (Phi) is 6.48. The highest BCUT2D eigenvalue weighted by Crippen LogP contribution is 2.23. The third-order valence-electron chi connectivity index (χ3n) is 2.88. The zero-order valence-corrected chi connectivity index (χ0v) is 12.2. The van der Waals surface area contributed by atoms with Gasteiger partial charge in [-0.15, -0.1) is 0 Å². The molecule has 0 radical (unpaired) electrons. The van der Waals surface area contributed by atoms with Crippen LogP contribution in [0.15, 0.2) is 18.2 Å². The van der Waals surface area contributed by atoms with Crippen LogP contribution < -0.4 is 14.8 Å². The van der Waals surface area contributed by atoms with E-state index in [2.05, 4.69) is 5.32 Å². The summed E-state index contributed by atoms with van der Waals surface area (Å²) in [6.07, 6.45) is -0.783. The normalized spacial score (nSPS) is 11.6. The molecule has 0 aliphatic rings. The van der Waals surface area contributed by atoms with E-state index in [1.54, 1.807) is 18.2 Å². The Balaban J connectivity index is 2.76. The molecule has 1 aromatic rings. The van der Waals surface area contributed by atoms with Crippen molar-refractivity contribution in [3.8, 4) is 11.5 Å². The van der Waals surface area contributed by atoms with Gasteiger partial charge in [-0.2, -0.15) is 0 Å². The summed E-state index contributed by atoms with van der Waals surface area (Å²) >= 11 is 0. The number of carbonyl (C=O) groups is 2. The van der Waals surface area contributed by atoms with Gasteiger partial charge in [0.05, 0.1) is 32.3 Å². The fraction of sp³-hybridized carbons (Fsp3) is 0.429. The minimum absolute atomic E-state index is 0.0853. The smallest absolute Gasteiger partial charge is 0.306 e. The third kappa shape index (κ3) is 4.96. The molecule has 0 aromatic heterocycles. The maximum Gasteiger partial charge on any atom is 0.306 e. The molecule has 0 heterocycles. The van der Waals surface area contributed by atoms with E-state index < -0.39 is 18.0 Å². The number of carboxylic acids is 1. The first-order chi connectivity index (χ1) is 10.0. The maximum atomic E-state index is 12.1. The van der Waals surface area contributed by atoms with Crippen molar-refractivity contribution in [2.75, 3.05) is 27.9 Å². The minimum Gasteiger partial charge on any atom is -0.497 e. The lowest BCUT2D eigenvalue weighted by atomic mass is 10.1. The zero-order chi connectivity index (χ0) is 15.8. The van der Waals surface area contributed by atoms with Crippen molar-refractivity contribution < 1.29 is 28.9 Å². The van der Waals surface area contributed by atoms with Crippen molar-refractivity contribution >= 4 is 11.9 Å². The lowest BCUT2D eigenvalue weighted by Crippen LogP contribution is -2.34. The summed E-state index contributed by atoms with van der Waals surface area (Å²) in [7, 11) is 4.35. The van der Waals surface area contributed by atoms with Gasteiger partial charge in [0.25, 0.3) is 5.91 Å². The van der Waals surface area contributed by atoms with Crippen LogP contribution in [0, 0.1) is 0 Å². The van der Waals surface area contributed by atoms with Crippen LogP contribution in [0.2, 0.25) is 0 Å². The monoisotopic (exact) mass is 297 g/mol. The highest BCUT2D eigenvalue weighted by molar-refractivity contribution is 5.97. The molecule has 0 fully saturated rings. The van der Waals surface area contributed by atoms with Crippen molar-refractivity contribution in [3.63, 3.8) is 0 Å². The molecule has 2 N–H and O–H groups in total. The summed E-state index contributed by atoms with van der Waals surface area (Å²) < 4.78 is 15.2. The van der Waals surface area contributed by atoms with Gasteiger partial charge in [0.1, 0.15) is 11.5 Å². The SMILES string of the molecule is COc1ccc(OC)c(C(=O)NCC(CC(=O)O)OC)c1. The molecule has 0 aliphatic carbocycles. The number of nitrogens with one attached hydrogen (secondary N) is 1. The number of hydrogen-bond acceptors (Lipinski definition) is 5. The van der Waals surface area contributed by atoms with E-state index in [9.17, 15) is 9.59 Å². The average Bonchev–Trinajstić information content (AvgIpc) is 2.49. The van der Waals surface area contributed by atoms with Gasteiger partial charge in [-0.25, -0.2) is 0 Å². The second kappa shape index (κ2) is 8.11. The number of ether oxygens (including phenoxy) is 3. The molecule has 1 amide bonds. The first-order valence-electron chi connectivity index (χ1n) is 6.26. The molecule has 0 spiro atoms. The lowest BCUT2D eigenvalue weighted by Gasteiger charge is -2.15. The molecule has 1 rings (SSSR count). The number of carbonyl (C=O) groups excluding carboxylic acids is 1. The van der Waals surface area contributed by atoms with Crippen LogP contribution in [0.1, 0.15) is 16.8 Å². The number of methoxy groups -OCH3 is 3. The van der Waals surface area contributed by atoms with E-state index in [-0.39, 0.29) is 13.0 Å². The second-order valence-corrected chi connectivity index (χ2v) is 4.23. The van der Waals surface area contributed by atoms with Crippen molar-refractivity contribution in [1.29, 1.82) is 0 Å². The zero-order valence-electron chi connectivity index (χ0n) is 12.2. The van der Waals surface area contributed by atoms with E-state index in [0.29, 0.717) is 17.1 Å². The predicted molar refractivity (Wildman–Crippen MR) is 74.9 cm³/mol. The molecule has 1 atom stereocenters. The van der Waals surface area contributed by atoms with Gasteiger partial charge in [0, 0.05) is 13.7 Å². The molecule has 0 saturated carbocycles. The predicted octanol–water partition coefficient (Wildman–Crippen LogP) is 0.923. The Hall–Kier alpha value is -2.28. The number of rotatable bonds is 8. The molecule has 1 unspecified atom stereocenters. The molecule has 0 bridgehead atoms. The van der Waals surface area contributed by atoms with Gasteiger partial charge in [0.15, 0.2) is 0 Å². The van der Waals surface area contributed by atoms with Crippen molar-refractivity contribution in [3.05, 3.63) is 23.8 Å². The van der Waals surface area contributed by atoms with Crippen LogP contribution in [-0.4, -0.2) is 51.0 Å². The summed E-state index contributed by atoms with van der Waals surface area (Å²) in [4.78, 5) is 22.8. The fourth-order valence-electron chi connectivity index (χ4n) is 1.73. The number of carboxylic acid groups (broad SMARTS) is 1. The highest BCUT2D eigenvalue weighted by atomic mass is 16.5. The summed E-state index contributed by atoms with van der Waals surface area (Å²) in [6, 6.07) is 4.85. The van der Waals surface area contributed by atoms with Gasteiger partial charge in [0.2, 0.25) is 0 Å². The van der Waals surface area contributed by atoms with E-state index in [0.717, 1.165) is 0 Å². The summed E-state index contributed by atoms with van der Waals surface area (Å²) in [5.74, 6) is -0.455. The van der Waals surface area contributed by atoms with Gasteiger partial charge in [-0.3, -0.25) is 9.59 Å². The van der Waals surface area contributed by atoms with Crippen LogP contribution in [-0.2, 0) is 9.53 Å². The van der Waals surface area contributed by atoms with Crippen molar-refractivity contribution in [2.24, 2.45) is 0 Å². The van der Waals surface area contributed by atoms with Crippen molar-refractivity contribution in [1.82, 2.24) is 5.32 Å². The average molecular weight is 297 g/mol. The quantitative estimate of drug-likeness (QED) is 0.741. The summed E-state index contributed by atoms with van der Waals surface area (Å²) in [6.45, 7) is 0.0853. The Morgan fingerprint density at radius 2 is 1.95 bits per heavy atom. The van der Waals surface area contributed by atoms with E-state index in [4.69, 9.17) is 19.3 Å². The van der Waals surface area contributed by atoms with E-state index in [1.165, 1.54) is 21.3 Å². The largest absolute Gasteiger partial charge is 0.497 e. The standard InChI is InChI=1S/C14H19NO6/c1-19-9-4-5-12(21-3)11(6-9)14(18)15-8-10(20-2)7-13(16)17/h4-6,10H,7-8H2,1-3H3,(H,15,18)(H,16,17). The number of hydrogen-bond donors (Lipinski definition) is 2. The molecule has 7 heteroatoms. The molecule has 0 aliphatic heterocycles. The van der Waals surface area contributed by atoms with Gasteiger partial charge >= 0.3 is 5.97 Å². The van der Waals surface area contributed by atoms with E-state index in [1.807, 2.05) is 0 Å². The molecule has 7 nitrogen and oxygen atoms in total. The number of aliphatic carboxylic acids is 1. The van der Waals surface area contributed by atoms with Gasteiger partial charge in [-0.05, 0) is 18.2 Å². The number of amides is 1. The van der Waals surface area contributed by atoms with Crippen LogP contribution in [0.4, 0.5) is 0 Å². The molecule has 116 valence electrons. The molecule has 0 saturated heterocycles. The van der Waals surface area contributed by atoms with E-state index >= 15 is 0 Å². The highest BCUT2D eigenvalue weighted by Gasteiger charge is 2.17. The molecule has 1 aromatic carbocycles. The number of benzene rings is 1. The third-order valence-corrected chi connectivity index (χ3v) is 2.88. The van der Waals surface area contributed by atoms with Crippen LogP contribution in [0.5, 0.6) is 11.5 Å². The first kappa shape index (κ1) is 16.8.